The van der Waals surface area contributed by atoms with Crippen molar-refractivity contribution in [2.75, 3.05) is 12.1 Å². The summed E-state index contributed by atoms with van der Waals surface area (Å²) >= 11 is 0. The van der Waals surface area contributed by atoms with Gasteiger partial charge in [-0.05, 0) is 36.4 Å². The van der Waals surface area contributed by atoms with Crippen LogP contribution in [0.4, 0.5) is 11.4 Å². The van der Waals surface area contributed by atoms with E-state index in [9.17, 15) is 5.11 Å². The van der Waals surface area contributed by atoms with Crippen molar-refractivity contribution in [3.8, 4) is 11.5 Å². The molecule has 0 amide bonds. The quantitative estimate of drug-likeness (QED) is 0.553. The molecule has 0 aliphatic carbocycles. The van der Waals surface area contributed by atoms with E-state index in [1.165, 1.54) is 7.11 Å². The number of phenolic OH excluding ortho intramolecular Hbond substituents is 1. The highest BCUT2D eigenvalue weighted by atomic mass is 16.5. The summed E-state index contributed by atoms with van der Waals surface area (Å²) in [6, 6.07) is 25.0. The van der Waals surface area contributed by atoms with E-state index < -0.39 is 0 Å². The molecule has 4 heteroatoms. The maximum Gasteiger partial charge on any atom is 0.166 e. The summed E-state index contributed by atoms with van der Waals surface area (Å²) in [5.74, 6) is 0.495. The van der Waals surface area contributed by atoms with Crippen molar-refractivity contribution >= 4 is 17.6 Å². The molecule has 0 aliphatic heterocycles. The number of rotatable bonds is 5. The third-order valence-electron chi connectivity index (χ3n) is 3.56. The van der Waals surface area contributed by atoms with Crippen LogP contribution in [0.25, 0.3) is 0 Å². The molecule has 0 saturated carbocycles. The number of para-hydroxylation sites is 3. The van der Waals surface area contributed by atoms with Crippen LogP contribution in [0.2, 0.25) is 0 Å². The molecule has 0 fully saturated rings. The Hall–Kier alpha value is -3.27. The number of methoxy groups -OCH3 is 1. The molecule has 3 rings (SSSR count). The SMILES string of the molecule is COc1cccc(C=NN(c2ccccc2)c2ccccc2)c1O. The first-order chi connectivity index (χ1) is 11.8. The predicted molar refractivity (Wildman–Crippen MR) is 97.3 cm³/mol. The van der Waals surface area contributed by atoms with Crippen LogP contribution in [0.1, 0.15) is 5.56 Å². The minimum absolute atomic E-state index is 0.0739. The molecule has 4 nitrogen and oxygen atoms in total. The fourth-order valence-electron chi connectivity index (χ4n) is 2.35. The van der Waals surface area contributed by atoms with Gasteiger partial charge in [-0.15, -0.1) is 0 Å². The molecule has 0 radical (unpaired) electrons. The van der Waals surface area contributed by atoms with Crippen LogP contribution in [0.5, 0.6) is 11.5 Å². The number of hydrazone groups is 1. The molecule has 1 N–H and O–H groups in total. The highest BCUT2D eigenvalue weighted by Crippen LogP contribution is 2.29. The number of aromatic hydroxyl groups is 1. The predicted octanol–water partition coefficient (Wildman–Crippen LogP) is 4.57. The van der Waals surface area contributed by atoms with Gasteiger partial charge in [0.2, 0.25) is 0 Å². The van der Waals surface area contributed by atoms with Gasteiger partial charge in [-0.3, -0.25) is 0 Å². The van der Waals surface area contributed by atoms with Crippen molar-refractivity contribution in [1.82, 2.24) is 0 Å². The third-order valence-corrected chi connectivity index (χ3v) is 3.56. The number of phenols is 1. The Morgan fingerprint density at radius 1 is 0.833 bits per heavy atom. The van der Waals surface area contributed by atoms with Crippen molar-refractivity contribution in [3.05, 3.63) is 84.4 Å². The first-order valence-electron chi connectivity index (χ1n) is 7.60. The summed E-state index contributed by atoms with van der Waals surface area (Å²) in [6.45, 7) is 0. The number of nitrogens with zero attached hydrogens (tertiary/aromatic N) is 2. The fourth-order valence-corrected chi connectivity index (χ4v) is 2.35. The lowest BCUT2D eigenvalue weighted by Crippen LogP contribution is -2.09. The second-order valence-corrected chi connectivity index (χ2v) is 5.13. The molecule has 0 spiro atoms. The normalized spacial score (nSPS) is 10.7. The van der Waals surface area contributed by atoms with E-state index in [2.05, 4.69) is 5.10 Å². The molecule has 0 unspecified atom stereocenters. The summed E-state index contributed by atoms with van der Waals surface area (Å²) in [5, 5.41) is 16.6. The number of hydrogen-bond acceptors (Lipinski definition) is 4. The van der Waals surface area contributed by atoms with Crippen LogP contribution >= 0.6 is 0 Å². The Bertz CT molecular complexity index is 778. The largest absolute Gasteiger partial charge is 0.504 e. The second-order valence-electron chi connectivity index (χ2n) is 5.13. The summed E-state index contributed by atoms with van der Waals surface area (Å²) in [6.07, 6.45) is 1.62. The summed E-state index contributed by atoms with van der Waals surface area (Å²) in [4.78, 5) is 0. The average Bonchev–Trinajstić information content (AvgIpc) is 2.65. The third kappa shape index (κ3) is 3.38. The average molecular weight is 318 g/mol. The Morgan fingerprint density at radius 3 is 1.96 bits per heavy atom. The van der Waals surface area contributed by atoms with Gasteiger partial charge < -0.3 is 9.84 Å². The van der Waals surface area contributed by atoms with Crippen molar-refractivity contribution in [2.24, 2.45) is 5.10 Å². The Kier molecular flexibility index (Phi) is 4.77. The zero-order chi connectivity index (χ0) is 16.8. The molecular weight excluding hydrogens is 300 g/mol. The van der Waals surface area contributed by atoms with Crippen LogP contribution in [0.3, 0.4) is 0 Å². The van der Waals surface area contributed by atoms with Crippen molar-refractivity contribution < 1.29 is 9.84 Å². The van der Waals surface area contributed by atoms with Gasteiger partial charge in [0, 0.05) is 5.56 Å². The van der Waals surface area contributed by atoms with Gasteiger partial charge in [-0.2, -0.15) is 5.10 Å². The molecule has 0 saturated heterocycles. The summed E-state index contributed by atoms with van der Waals surface area (Å²) in [7, 11) is 1.52. The van der Waals surface area contributed by atoms with Gasteiger partial charge in [-0.1, -0.05) is 42.5 Å². The van der Waals surface area contributed by atoms with Crippen molar-refractivity contribution in [2.45, 2.75) is 0 Å². The minimum atomic E-state index is 0.0739. The first-order valence-corrected chi connectivity index (χ1v) is 7.60. The second kappa shape index (κ2) is 7.33. The van der Waals surface area contributed by atoms with E-state index in [1.807, 2.05) is 71.7 Å². The highest BCUT2D eigenvalue weighted by Gasteiger charge is 2.09. The van der Waals surface area contributed by atoms with Crippen LogP contribution in [0.15, 0.2) is 84.0 Å². The lowest BCUT2D eigenvalue weighted by molar-refractivity contribution is 0.373. The zero-order valence-corrected chi connectivity index (χ0v) is 13.3. The smallest absolute Gasteiger partial charge is 0.166 e. The first kappa shape index (κ1) is 15.6. The fraction of sp³-hybridized carbons (Fsp3) is 0.0500. The topological polar surface area (TPSA) is 45.1 Å². The van der Waals surface area contributed by atoms with Crippen LogP contribution < -0.4 is 9.75 Å². The van der Waals surface area contributed by atoms with Crippen LogP contribution in [0, 0.1) is 0 Å². The summed E-state index contributed by atoms with van der Waals surface area (Å²) < 4.78 is 5.14. The number of anilines is 2. The molecule has 3 aromatic carbocycles. The van der Waals surface area contributed by atoms with Crippen molar-refractivity contribution in [1.29, 1.82) is 0 Å². The van der Waals surface area contributed by atoms with E-state index in [0.29, 0.717) is 11.3 Å². The molecular formula is C20H18N2O2. The molecule has 0 aliphatic rings. The van der Waals surface area contributed by atoms with Crippen LogP contribution in [-0.4, -0.2) is 18.4 Å². The molecule has 24 heavy (non-hydrogen) atoms. The number of ether oxygens (including phenoxy) is 1. The highest BCUT2D eigenvalue weighted by molar-refractivity contribution is 5.86. The Morgan fingerprint density at radius 2 is 1.42 bits per heavy atom. The van der Waals surface area contributed by atoms with E-state index in [1.54, 1.807) is 18.3 Å². The van der Waals surface area contributed by atoms with Crippen molar-refractivity contribution in [3.63, 3.8) is 0 Å². The standard InChI is InChI=1S/C20H18N2O2/c1-24-19-14-8-9-16(20(19)23)15-21-22(17-10-4-2-5-11-17)18-12-6-3-7-13-18/h2-15,23H,1H3. The minimum Gasteiger partial charge on any atom is -0.504 e. The van der Waals surface area contributed by atoms with E-state index in [0.717, 1.165) is 11.4 Å². The lowest BCUT2D eigenvalue weighted by Gasteiger charge is -2.19. The zero-order valence-electron chi connectivity index (χ0n) is 13.3. The van der Waals surface area contributed by atoms with E-state index in [-0.39, 0.29) is 5.75 Å². The van der Waals surface area contributed by atoms with Gasteiger partial charge >= 0.3 is 0 Å². The van der Waals surface area contributed by atoms with Gasteiger partial charge in [0.25, 0.3) is 0 Å². The molecule has 3 aromatic rings. The lowest BCUT2D eigenvalue weighted by atomic mass is 10.2. The maximum atomic E-state index is 10.2. The molecule has 0 aromatic heterocycles. The molecule has 120 valence electrons. The van der Waals surface area contributed by atoms with E-state index in [4.69, 9.17) is 4.74 Å². The van der Waals surface area contributed by atoms with Gasteiger partial charge in [0.1, 0.15) is 0 Å². The maximum absolute atomic E-state index is 10.2. The monoisotopic (exact) mass is 318 g/mol. The van der Waals surface area contributed by atoms with Gasteiger partial charge in [0.05, 0.1) is 24.7 Å². The Labute approximate surface area is 141 Å². The van der Waals surface area contributed by atoms with Gasteiger partial charge in [0.15, 0.2) is 11.5 Å². The number of benzene rings is 3. The van der Waals surface area contributed by atoms with E-state index >= 15 is 0 Å². The molecule has 0 bridgehead atoms. The summed E-state index contributed by atoms with van der Waals surface area (Å²) in [5.41, 5.74) is 2.45. The van der Waals surface area contributed by atoms with Gasteiger partial charge in [-0.25, -0.2) is 5.01 Å². The van der Waals surface area contributed by atoms with Crippen LogP contribution in [-0.2, 0) is 0 Å². The Balaban J connectivity index is 1.99. The molecule has 0 heterocycles. The molecule has 0 atom stereocenters. The number of hydrogen-bond donors (Lipinski definition) is 1.